The first-order chi connectivity index (χ1) is 9.87. The van der Waals surface area contributed by atoms with E-state index in [0.717, 1.165) is 38.5 Å². The summed E-state index contributed by atoms with van der Waals surface area (Å²) in [5.74, 6) is 0. The van der Waals surface area contributed by atoms with Gasteiger partial charge in [0.1, 0.15) is 0 Å². The summed E-state index contributed by atoms with van der Waals surface area (Å²) in [6.45, 7) is 6.39. The van der Waals surface area contributed by atoms with E-state index in [1.165, 1.54) is 6.42 Å². The van der Waals surface area contributed by atoms with E-state index in [-0.39, 0.29) is 17.1 Å². The molecule has 0 aromatic carbocycles. The predicted molar refractivity (Wildman–Crippen MR) is 97.0 cm³/mol. The fourth-order valence-corrected chi connectivity index (χ4v) is 8.51. The summed E-state index contributed by atoms with van der Waals surface area (Å²) in [6, 6.07) is 0. The summed E-state index contributed by atoms with van der Waals surface area (Å²) in [5, 5.41) is 0. The summed E-state index contributed by atoms with van der Waals surface area (Å²) in [6.07, 6.45) is 7.02. The van der Waals surface area contributed by atoms with Gasteiger partial charge in [0.2, 0.25) is 0 Å². The number of hydrogen-bond acceptors (Lipinski definition) is 4. The number of unbranched alkanes of at least 4 members (excludes halogenated alkanes) is 1. The Morgan fingerprint density at radius 1 is 1.10 bits per heavy atom. The summed E-state index contributed by atoms with van der Waals surface area (Å²) < 4.78 is 7.41. The van der Waals surface area contributed by atoms with Crippen molar-refractivity contribution in [1.29, 1.82) is 0 Å². The van der Waals surface area contributed by atoms with E-state index in [9.17, 15) is 9.59 Å². The van der Waals surface area contributed by atoms with Crippen LogP contribution in [0.15, 0.2) is 0 Å². The molecule has 1 fully saturated rings. The molecule has 0 radical (unpaired) electrons. The Balaban J connectivity index is 3.02. The molecule has 21 heavy (non-hydrogen) atoms. The number of carbonyl (C=O) groups excluding carboxylic acids is 2. The van der Waals surface area contributed by atoms with Crippen LogP contribution < -0.4 is 0 Å². The van der Waals surface area contributed by atoms with E-state index < -0.39 is 4.25 Å². The number of carbonyl (C=O) groups is 2. The molecule has 0 atom stereocenters. The van der Waals surface area contributed by atoms with Gasteiger partial charge >= 0.3 is 141 Å². The van der Waals surface area contributed by atoms with Crippen molar-refractivity contribution >= 4 is 37.7 Å². The Morgan fingerprint density at radius 2 is 1.67 bits per heavy atom. The van der Waals surface area contributed by atoms with Gasteiger partial charge in [0.25, 0.3) is 0 Å². The zero-order valence-corrected chi connectivity index (χ0v) is 16.5. The average Bonchev–Trinajstić information content (AvgIpc) is 2.48. The molecule has 0 aromatic heterocycles. The Labute approximate surface area is 141 Å². The Morgan fingerprint density at radius 3 is 2.19 bits per heavy atom. The molecule has 4 nitrogen and oxygen atoms in total. The summed E-state index contributed by atoms with van der Waals surface area (Å²) >= 11 is 2.14. The van der Waals surface area contributed by atoms with Crippen molar-refractivity contribution in [2.75, 3.05) is 19.9 Å². The Bertz CT molecular complexity index is 378. The molecular formula is C15H28IO4P. The molecule has 0 N–H and O–H groups in total. The minimum atomic E-state index is -3.37. The van der Waals surface area contributed by atoms with Gasteiger partial charge in [-0.25, -0.2) is 0 Å². The summed E-state index contributed by atoms with van der Waals surface area (Å²) in [5.41, 5.74) is -0.517. The maximum absolute atomic E-state index is 12.8. The average molecular weight is 430 g/mol. The van der Waals surface area contributed by atoms with Crippen molar-refractivity contribution in [3.63, 3.8) is 0 Å². The zero-order chi connectivity index (χ0) is 16.0. The minimum absolute atomic E-state index is 0.110. The predicted octanol–water partition coefficient (Wildman–Crippen LogP) is 5.95. The monoisotopic (exact) mass is 430 g/mol. The molecular weight excluding hydrogens is 402 g/mol. The molecule has 0 amide bonds. The topological polar surface area (TPSA) is 52.6 Å². The van der Waals surface area contributed by atoms with Gasteiger partial charge in [0.15, 0.2) is 0 Å². The number of halogens is 1. The molecule has 0 aliphatic heterocycles. The molecule has 1 aliphatic carbocycles. The van der Waals surface area contributed by atoms with Crippen LogP contribution in [0.4, 0.5) is 9.59 Å². The van der Waals surface area contributed by atoms with Gasteiger partial charge in [-0.05, 0) is 0 Å². The third-order valence-corrected chi connectivity index (χ3v) is 13.4. The number of rotatable bonds is 7. The molecule has 0 bridgehead atoms. The second-order valence-electron chi connectivity index (χ2n) is 5.97. The van der Waals surface area contributed by atoms with Crippen LogP contribution in [0.1, 0.15) is 58.8 Å². The van der Waals surface area contributed by atoms with Crippen molar-refractivity contribution in [1.82, 2.24) is 0 Å². The van der Waals surface area contributed by atoms with E-state index in [1.807, 2.05) is 6.66 Å². The second kappa shape index (κ2) is 8.09. The van der Waals surface area contributed by atoms with Crippen molar-refractivity contribution in [3.05, 3.63) is 0 Å². The third kappa shape index (κ3) is 4.10. The van der Waals surface area contributed by atoms with E-state index in [0.29, 0.717) is 13.2 Å². The molecule has 0 heterocycles. The van der Waals surface area contributed by atoms with Crippen molar-refractivity contribution < 1.29 is 19.1 Å². The number of ether oxygens (including phenoxy) is 2. The normalized spacial score (nSPS) is 18.6. The molecule has 1 saturated carbocycles. The maximum atomic E-state index is 12.8. The standard InChI is InChI=1S/C15H28IO4P/c1-4-6-12-20-15(18)21(3,16,14(17)19-5-2)13-10-8-7-9-11-13/h13H,4-12H2,1-3H3. The van der Waals surface area contributed by atoms with Gasteiger partial charge in [0, 0.05) is 0 Å². The van der Waals surface area contributed by atoms with E-state index in [1.54, 1.807) is 6.92 Å². The fraction of sp³-hybridized carbons (Fsp3) is 0.867. The van der Waals surface area contributed by atoms with E-state index in [2.05, 4.69) is 29.0 Å². The van der Waals surface area contributed by atoms with Gasteiger partial charge in [-0.3, -0.25) is 0 Å². The molecule has 0 aromatic rings. The summed E-state index contributed by atoms with van der Waals surface area (Å²) in [7, 11) is 0. The van der Waals surface area contributed by atoms with Crippen LogP contribution >= 0.6 is 26.3 Å². The van der Waals surface area contributed by atoms with Crippen LogP contribution in [0.3, 0.4) is 0 Å². The molecule has 1 aliphatic rings. The number of hydrogen-bond donors (Lipinski definition) is 0. The first-order valence-electron chi connectivity index (χ1n) is 7.95. The molecule has 0 unspecified atom stereocenters. The first kappa shape index (κ1) is 19.1. The van der Waals surface area contributed by atoms with Crippen molar-refractivity contribution in [2.45, 2.75) is 64.5 Å². The molecule has 1 rings (SSSR count). The molecule has 0 saturated heterocycles. The third-order valence-electron chi connectivity index (χ3n) is 4.33. The van der Waals surface area contributed by atoms with Crippen LogP contribution in [0.2, 0.25) is 0 Å². The Kier molecular flexibility index (Phi) is 7.38. The SMILES string of the molecule is CCCCOC(=O)P(C)(I)(C(=O)OCC)C1CCCCC1. The van der Waals surface area contributed by atoms with Gasteiger partial charge in [-0.15, -0.1) is 0 Å². The van der Waals surface area contributed by atoms with Crippen LogP contribution in [0.25, 0.3) is 0 Å². The first-order valence-corrected chi connectivity index (χ1v) is 13.5. The van der Waals surface area contributed by atoms with Crippen molar-refractivity contribution in [3.8, 4) is 0 Å². The van der Waals surface area contributed by atoms with Crippen LogP contribution in [-0.4, -0.2) is 37.0 Å². The van der Waals surface area contributed by atoms with Crippen LogP contribution in [0.5, 0.6) is 0 Å². The van der Waals surface area contributed by atoms with Crippen LogP contribution in [-0.2, 0) is 9.47 Å². The quantitative estimate of drug-likeness (QED) is 0.285. The molecule has 124 valence electrons. The zero-order valence-electron chi connectivity index (χ0n) is 13.4. The second-order valence-corrected chi connectivity index (χ2v) is 17.9. The fourth-order valence-electron chi connectivity index (χ4n) is 2.81. The van der Waals surface area contributed by atoms with E-state index in [4.69, 9.17) is 9.47 Å². The Hall–Kier alpha value is 0.1000. The van der Waals surface area contributed by atoms with Gasteiger partial charge in [-0.2, -0.15) is 0 Å². The van der Waals surface area contributed by atoms with Gasteiger partial charge < -0.3 is 0 Å². The van der Waals surface area contributed by atoms with Crippen molar-refractivity contribution in [2.24, 2.45) is 0 Å². The van der Waals surface area contributed by atoms with Crippen LogP contribution in [0, 0.1) is 0 Å². The summed E-state index contributed by atoms with van der Waals surface area (Å²) in [4.78, 5) is 25.5. The van der Waals surface area contributed by atoms with Gasteiger partial charge in [0.05, 0.1) is 0 Å². The van der Waals surface area contributed by atoms with E-state index >= 15 is 0 Å². The molecule has 6 heteroatoms. The molecule has 0 spiro atoms. The van der Waals surface area contributed by atoms with Gasteiger partial charge in [-0.1, -0.05) is 0 Å².